The minimum absolute atomic E-state index is 0.429. The van der Waals surface area contributed by atoms with Gasteiger partial charge in [-0.1, -0.05) is 13.8 Å². The molecule has 0 aliphatic rings. The van der Waals surface area contributed by atoms with Crippen molar-refractivity contribution in [3.63, 3.8) is 0 Å². The predicted octanol–water partition coefficient (Wildman–Crippen LogP) is 1.63. The van der Waals surface area contributed by atoms with Gasteiger partial charge in [0.1, 0.15) is 0 Å². The van der Waals surface area contributed by atoms with Gasteiger partial charge in [-0.3, -0.25) is 0 Å². The summed E-state index contributed by atoms with van der Waals surface area (Å²) < 4.78 is 4.29. The van der Waals surface area contributed by atoms with Crippen LogP contribution in [0.5, 0.6) is 0 Å². The Morgan fingerprint density at radius 3 is 2.56 bits per heavy atom. The molecule has 51 valence electrons. The average molecular weight is 127 g/mol. The summed E-state index contributed by atoms with van der Waals surface area (Å²) in [6.07, 6.45) is 1.41. The Morgan fingerprint density at radius 1 is 1.67 bits per heavy atom. The average Bonchev–Trinajstić information content (AvgIpc) is 1.82. The van der Waals surface area contributed by atoms with Crippen LogP contribution in [0.2, 0.25) is 0 Å². The Hall–Kier alpha value is -0.790. The zero-order valence-electron chi connectivity index (χ0n) is 5.97. The van der Waals surface area contributed by atoms with Crippen molar-refractivity contribution in [3.05, 3.63) is 11.8 Å². The van der Waals surface area contributed by atoms with E-state index in [4.69, 9.17) is 0 Å². The molecule has 0 aromatic heterocycles. The second-order valence-corrected chi connectivity index (χ2v) is 2.22. The van der Waals surface area contributed by atoms with Gasteiger partial charge >= 0.3 is 6.47 Å². The van der Waals surface area contributed by atoms with E-state index in [0.717, 1.165) is 5.57 Å². The van der Waals surface area contributed by atoms with E-state index in [1.807, 2.05) is 20.8 Å². The fourth-order valence-corrected chi connectivity index (χ4v) is 0.253. The van der Waals surface area contributed by atoms with E-state index >= 15 is 0 Å². The molecule has 0 saturated heterocycles. The molecule has 0 fully saturated rings. The Balaban J connectivity index is 3.68. The zero-order chi connectivity index (χ0) is 7.28. The summed E-state index contributed by atoms with van der Waals surface area (Å²) in [5.74, 6) is 0.429. The molecule has 0 aliphatic heterocycles. The highest BCUT2D eigenvalue weighted by Gasteiger charge is 1.94. The molecule has 0 atom stereocenters. The Labute approximate surface area is 55.5 Å². The fourth-order valence-electron chi connectivity index (χ4n) is 0.253. The Kier molecular flexibility index (Phi) is 3.76. The number of rotatable bonds is 3. The predicted molar refractivity (Wildman–Crippen MR) is 35.4 cm³/mol. The molecule has 0 N–H and O–H groups in total. The Morgan fingerprint density at radius 2 is 2.22 bits per heavy atom. The van der Waals surface area contributed by atoms with Gasteiger partial charge in [0.2, 0.25) is 0 Å². The normalized spacial score (nSPS) is 11.8. The molecule has 0 aromatic rings. The molecule has 0 unspecified atom stereocenters. The number of ether oxygens (including phenoxy) is 1. The molecule has 2 heteroatoms. The molecule has 0 saturated carbocycles. The van der Waals surface area contributed by atoms with Gasteiger partial charge in [0.25, 0.3) is 0 Å². The van der Waals surface area contributed by atoms with Crippen LogP contribution in [-0.4, -0.2) is 6.47 Å². The highest BCUT2D eigenvalue weighted by Crippen LogP contribution is 2.06. The second-order valence-electron chi connectivity index (χ2n) is 2.22. The first-order valence-electron chi connectivity index (χ1n) is 2.88. The molecular formula is C7H11O2. The first kappa shape index (κ1) is 8.21. The van der Waals surface area contributed by atoms with Gasteiger partial charge in [-0.25, -0.2) is 4.79 Å². The van der Waals surface area contributed by atoms with Crippen molar-refractivity contribution in [2.75, 3.05) is 0 Å². The molecule has 0 aromatic carbocycles. The molecule has 0 rings (SSSR count). The standard InChI is InChI=1S/C7H11O2/c1-6(2)7(3)4-9-5-8/h4,6H,1-3H3. The highest BCUT2D eigenvalue weighted by atomic mass is 16.5. The third-order valence-electron chi connectivity index (χ3n) is 1.20. The summed E-state index contributed by atoms with van der Waals surface area (Å²) >= 11 is 0. The van der Waals surface area contributed by atoms with E-state index < -0.39 is 0 Å². The first-order valence-corrected chi connectivity index (χ1v) is 2.88. The maximum atomic E-state index is 9.54. The van der Waals surface area contributed by atoms with Crippen molar-refractivity contribution in [2.45, 2.75) is 20.8 Å². The number of hydrogen-bond donors (Lipinski definition) is 0. The smallest absolute Gasteiger partial charge is 0.422 e. The van der Waals surface area contributed by atoms with E-state index in [1.165, 1.54) is 12.7 Å². The van der Waals surface area contributed by atoms with Crippen LogP contribution in [0.15, 0.2) is 11.8 Å². The summed E-state index contributed by atoms with van der Waals surface area (Å²) in [5.41, 5.74) is 1.04. The molecule has 0 aliphatic carbocycles. The van der Waals surface area contributed by atoms with Crippen LogP contribution in [0.1, 0.15) is 20.8 Å². The van der Waals surface area contributed by atoms with E-state index in [9.17, 15) is 4.79 Å². The SMILES string of the molecule is CC(=CO[C]=O)C(C)C. The van der Waals surface area contributed by atoms with E-state index in [2.05, 4.69) is 4.74 Å². The highest BCUT2D eigenvalue weighted by molar-refractivity contribution is 5.39. The van der Waals surface area contributed by atoms with Crippen LogP contribution < -0.4 is 0 Å². The lowest BCUT2D eigenvalue weighted by molar-refractivity contribution is 0.391. The number of allylic oxidation sites excluding steroid dienone is 1. The van der Waals surface area contributed by atoms with Gasteiger partial charge in [-0.15, -0.1) is 0 Å². The van der Waals surface area contributed by atoms with Crippen LogP contribution in [0.25, 0.3) is 0 Å². The van der Waals surface area contributed by atoms with E-state index in [0.29, 0.717) is 5.92 Å². The maximum absolute atomic E-state index is 9.54. The molecule has 0 bridgehead atoms. The maximum Gasteiger partial charge on any atom is 0.422 e. The van der Waals surface area contributed by atoms with Gasteiger partial charge in [-0.05, 0) is 18.4 Å². The monoisotopic (exact) mass is 127 g/mol. The van der Waals surface area contributed by atoms with Gasteiger partial charge in [0.05, 0.1) is 6.26 Å². The summed E-state index contributed by atoms with van der Waals surface area (Å²) in [7, 11) is 0. The summed E-state index contributed by atoms with van der Waals surface area (Å²) in [6.45, 7) is 7.29. The minimum atomic E-state index is 0.429. The topological polar surface area (TPSA) is 26.3 Å². The van der Waals surface area contributed by atoms with Crippen molar-refractivity contribution in [3.8, 4) is 0 Å². The van der Waals surface area contributed by atoms with Gasteiger partial charge in [0.15, 0.2) is 0 Å². The number of carbonyl (C=O) groups excluding carboxylic acids is 1. The molecule has 0 amide bonds. The molecule has 1 radical (unpaired) electrons. The third-order valence-corrected chi connectivity index (χ3v) is 1.20. The zero-order valence-corrected chi connectivity index (χ0v) is 5.97. The van der Waals surface area contributed by atoms with Crippen molar-refractivity contribution in [1.29, 1.82) is 0 Å². The van der Waals surface area contributed by atoms with Crippen LogP contribution in [0.4, 0.5) is 0 Å². The van der Waals surface area contributed by atoms with Crippen molar-refractivity contribution in [1.82, 2.24) is 0 Å². The summed E-state index contributed by atoms with van der Waals surface area (Å²) in [6, 6.07) is 0. The van der Waals surface area contributed by atoms with Crippen molar-refractivity contribution in [2.24, 2.45) is 5.92 Å². The van der Waals surface area contributed by atoms with Crippen molar-refractivity contribution >= 4 is 6.47 Å². The number of hydrogen-bond acceptors (Lipinski definition) is 2. The molecular weight excluding hydrogens is 116 g/mol. The third kappa shape index (κ3) is 3.76. The van der Waals surface area contributed by atoms with Crippen LogP contribution >= 0.6 is 0 Å². The molecule has 0 heterocycles. The summed E-state index contributed by atoms with van der Waals surface area (Å²) in [5, 5.41) is 0. The molecule has 9 heavy (non-hydrogen) atoms. The largest absolute Gasteiger partial charge is 0.426 e. The van der Waals surface area contributed by atoms with Crippen LogP contribution in [-0.2, 0) is 9.53 Å². The molecule has 0 spiro atoms. The van der Waals surface area contributed by atoms with Gasteiger partial charge < -0.3 is 4.74 Å². The van der Waals surface area contributed by atoms with Crippen molar-refractivity contribution < 1.29 is 9.53 Å². The van der Waals surface area contributed by atoms with Gasteiger partial charge in [-0.2, -0.15) is 0 Å². The lowest BCUT2D eigenvalue weighted by Gasteiger charge is -2.00. The van der Waals surface area contributed by atoms with Crippen LogP contribution in [0.3, 0.4) is 0 Å². The first-order chi connectivity index (χ1) is 4.18. The minimum Gasteiger partial charge on any atom is -0.426 e. The van der Waals surface area contributed by atoms with E-state index in [1.54, 1.807) is 0 Å². The van der Waals surface area contributed by atoms with Gasteiger partial charge in [0, 0.05) is 0 Å². The lowest BCUT2D eigenvalue weighted by Crippen LogP contribution is -1.89. The van der Waals surface area contributed by atoms with Crippen LogP contribution in [0, 0.1) is 5.92 Å². The van der Waals surface area contributed by atoms with E-state index in [-0.39, 0.29) is 0 Å². The molecule has 2 nitrogen and oxygen atoms in total. The quantitative estimate of drug-likeness (QED) is 0.538. The lowest BCUT2D eigenvalue weighted by atomic mass is 10.1. The fraction of sp³-hybridized carbons (Fsp3) is 0.571. The second kappa shape index (κ2) is 4.13. The Bertz CT molecular complexity index is 114. The summed E-state index contributed by atoms with van der Waals surface area (Å²) in [4.78, 5) is 9.54.